The highest BCUT2D eigenvalue weighted by atomic mass is 35.5. The summed E-state index contributed by atoms with van der Waals surface area (Å²) in [5.41, 5.74) is 4.30. The van der Waals surface area contributed by atoms with Crippen molar-refractivity contribution < 1.29 is 27.2 Å². The highest BCUT2D eigenvalue weighted by Crippen LogP contribution is 2.59. The van der Waals surface area contributed by atoms with Crippen LogP contribution in [0.5, 0.6) is 0 Å². The number of nitrogens with one attached hydrogen (secondary N) is 1. The number of piperidine rings is 2. The Morgan fingerprint density at radius 2 is 1.84 bits per heavy atom. The predicted molar refractivity (Wildman–Crippen MR) is 156 cm³/mol. The molecule has 0 radical (unpaired) electrons. The first-order valence-corrected chi connectivity index (χ1v) is 15.2. The number of hydrogen-bond donors (Lipinski definition) is 2. The molecule has 3 N–H and O–H groups in total. The molecule has 10 nitrogen and oxygen atoms in total. The Morgan fingerprint density at radius 3 is 2.57 bits per heavy atom. The van der Waals surface area contributed by atoms with Crippen molar-refractivity contribution in [1.82, 2.24) is 24.7 Å². The fourth-order valence-electron chi connectivity index (χ4n) is 7.16. The molecule has 2 unspecified atom stereocenters. The second-order valence-electron chi connectivity index (χ2n) is 12.3. The molecule has 6 rings (SSSR count). The molecule has 4 fully saturated rings. The van der Waals surface area contributed by atoms with Gasteiger partial charge in [-0.1, -0.05) is 11.6 Å². The molecule has 2 amide bonds. The summed E-state index contributed by atoms with van der Waals surface area (Å²) in [6.45, 7) is 3.91. The molecule has 15 heteroatoms. The summed E-state index contributed by atoms with van der Waals surface area (Å²) in [5, 5.41) is 2.89. The number of piperazine rings is 1. The van der Waals surface area contributed by atoms with Gasteiger partial charge >= 0.3 is 6.18 Å². The number of halogens is 5. The molecule has 238 valence electrons. The Hall–Kier alpha value is -3.39. The number of rotatable bonds is 5. The van der Waals surface area contributed by atoms with Crippen molar-refractivity contribution >= 4 is 40.7 Å². The topological polar surface area (TPSA) is 111 Å². The standard InChI is InChI=1S/C29H35ClF4N8O2/c1-39-7-9-40(10-8-39)26(43)20-4-6-41(25-23(31)24(35)36-16-37-25)15-28(20)14-22(28)42-5-2-3-21(27(42)44)38-19-12-17(29(32,33)34)11-18(30)13-19/h11-13,16,20-22,38H,2-10,14-15H2,1H3,(H2,35,36,37)/t20-,21-,22?,28?/m1/s1. The summed E-state index contributed by atoms with van der Waals surface area (Å²) in [4.78, 5) is 43.3. The number of alkyl halides is 3. The fraction of sp³-hybridized carbons (Fsp3) is 0.586. The lowest BCUT2D eigenvalue weighted by atomic mass is 9.80. The number of hydrogen-bond acceptors (Lipinski definition) is 8. The minimum atomic E-state index is -4.59. The monoisotopic (exact) mass is 638 g/mol. The third-order valence-electron chi connectivity index (χ3n) is 9.57. The van der Waals surface area contributed by atoms with E-state index in [0.29, 0.717) is 58.4 Å². The predicted octanol–water partition coefficient (Wildman–Crippen LogP) is 3.33. The number of nitrogen functional groups attached to an aromatic ring is 1. The minimum Gasteiger partial charge on any atom is -0.381 e. The van der Waals surface area contributed by atoms with E-state index in [2.05, 4.69) is 20.2 Å². The van der Waals surface area contributed by atoms with Gasteiger partial charge in [-0.3, -0.25) is 9.59 Å². The van der Waals surface area contributed by atoms with Crippen LogP contribution in [0.4, 0.5) is 34.9 Å². The van der Waals surface area contributed by atoms with Crippen LogP contribution in [-0.2, 0) is 15.8 Å². The van der Waals surface area contributed by atoms with Crippen molar-refractivity contribution in [1.29, 1.82) is 0 Å². The van der Waals surface area contributed by atoms with Crippen LogP contribution in [0.1, 0.15) is 31.2 Å². The Bertz CT molecular complexity index is 1440. The molecule has 1 aromatic heterocycles. The minimum absolute atomic E-state index is 0.0423. The Balaban J connectivity index is 1.25. The van der Waals surface area contributed by atoms with Gasteiger partial charge in [0.2, 0.25) is 17.6 Å². The molecule has 3 aliphatic heterocycles. The van der Waals surface area contributed by atoms with Crippen molar-refractivity contribution in [2.45, 2.75) is 43.9 Å². The number of anilines is 3. The lowest BCUT2D eigenvalue weighted by Crippen LogP contribution is -2.56. The van der Waals surface area contributed by atoms with E-state index in [-0.39, 0.29) is 46.1 Å². The van der Waals surface area contributed by atoms with Gasteiger partial charge in [-0.25, -0.2) is 9.97 Å². The van der Waals surface area contributed by atoms with Crippen LogP contribution in [0, 0.1) is 17.2 Å². The zero-order valence-electron chi connectivity index (χ0n) is 24.3. The molecule has 2 aromatic rings. The molecule has 3 saturated heterocycles. The largest absolute Gasteiger partial charge is 0.416 e. The summed E-state index contributed by atoms with van der Waals surface area (Å²) in [6, 6.07) is 2.11. The van der Waals surface area contributed by atoms with Crippen molar-refractivity contribution in [3.8, 4) is 0 Å². The van der Waals surface area contributed by atoms with Gasteiger partial charge in [0.1, 0.15) is 12.4 Å². The van der Waals surface area contributed by atoms with Crippen LogP contribution < -0.4 is 16.0 Å². The second-order valence-corrected chi connectivity index (χ2v) is 12.8. The van der Waals surface area contributed by atoms with Crippen molar-refractivity contribution in [2.75, 3.05) is 68.8 Å². The first-order valence-electron chi connectivity index (χ1n) is 14.8. The van der Waals surface area contributed by atoms with Gasteiger partial charge < -0.3 is 30.7 Å². The van der Waals surface area contributed by atoms with Gasteiger partial charge in [0.05, 0.1) is 5.56 Å². The second kappa shape index (κ2) is 11.5. The number of benzene rings is 1. The number of amides is 2. The maximum Gasteiger partial charge on any atom is 0.416 e. The van der Waals surface area contributed by atoms with E-state index in [0.717, 1.165) is 25.2 Å². The maximum absolute atomic E-state index is 15.0. The molecule has 1 spiro atoms. The van der Waals surface area contributed by atoms with E-state index in [1.807, 2.05) is 11.9 Å². The van der Waals surface area contributed by atoms with E-state index < -0.39 is 29.0 Å². The molecule has 4 heterocycles. The van der Waals surface area contributed by atoms with Gasteiger partial charge in [-0.05, 0) is 50.9 Å². The smallest absolute Gasteiger partial charge is 0.381 e. The Morgan fingerprint density at radius 1 is 1.09 bits per heavy atom. The number of nitrogens with zero attached hydrogens (tertiary/aromatic N) is 6. The number of aromatic nitrogens is 2. The molecule has 0 bridgehead atoms. The molecule has 44 heavy (non-hydrogen) atoms. The third kappa shape index (κ3) is 5.73. The molecule has 1 aliphatic carbocycles. The normalized spacial score (nSPS) is 28.0. The molecule has 4 atom stereocenters. The summed E-state index contributed by atoms with van der Waals surface area (Å²) >= 11 is 5.98. The number of likely N-dealkylation sites (tertiary alicyclic amines) is 1. The summed E-state index contributed by atoms with van der Waals surface area (Å²) < 4.78 is 55.2. The van der Waals surface area contributed by atoms with Gasteiger partial charge in [-0.2, -0.15) is 17.6 Å². The van der Waals surface area contributed by atoms with Crippen LogP contribution >= 0.6 is 11.6 Å². The molecule has 1 aromatic carbocycles. The van der Waals surface area contributed by atoms with Gasteiger partial charge in [0.15, 0.2) is 11.6 Å². The van der Waals surface area contributed by atoms with Gasteiger partial charge in [0, 0.05) is 73.9 Å². The van der Waals surface area contributed by atoms with E-state index in [1.54, 1.807) is 9.80 Å². The van der Waals surface area contributed by atoms with Crippen molar-refractivity contribution in [3.63, 3.8) is 0 Å². The number of carbonyl (C=O) groups is 2. The highest BCUT2D eigenvalue weighted by Gasteiger charge is 2.67. The van der Waals surface area contributed by atoms with E-state index in [1.165, 1.54) is 12.4 Å². The fourth-order valence-corrected chi connectivity index (χ4v) is 7.39. The lowest BCUT2D eigenvalue weighted by Gasteiger charge is -2.44. The molecular formula is C29H35ClF4N8O2. The third-order valence-corrected chi connectivity index (χ3v) is 9.79. The Labute approximate surface area is 257 Å². The first kappa shape index (κ1) is 30.6. The maximum atomic E-state index is 15.0. The van der Waals surface area contributed by atoms with Gasteiger partial charge in [-0.15, -0.1) is 0 Å². The quantitative estimate of drug-likeness (QED) is 0.480. The van der Waals surface area contributed by atoms with Crippen LogP contribution in [0.2, 0.25) is 5.02 Å². The average Bonchev–Trinajstić information content (AvgIpc) is 3.67. The SMILES string of the molecule is CN1CCN(C(=O)[C@H]2CCN(c3ncnc(N)c3F)CC23CC3N2CCC[C@@H](Nc3cc(Cl)cc(C(F)(F)F)c3)C2=O)CC1. The van der Waals surface area contributed by atoms with Crippen LogP contribution in [0.3, 0.4) is 0 Å². The first-order chi connectivity index (χ1) is 20.9. The zero-order chi connectivity index (χ0) is 31.4. The van der Waals surface area contributed by atoms with Gasteiger partial charge in [0.25, 0.3) is 0 Å². The van der Waals surface area contributed by atoms with Crippen LogP contribution in [-0.4, -0.2) is 101 Å². The van der Waals surface area contributed by atoms with E-state index in [4.69, 9.17) is 17.3 Å². The summed E-state index contributed by atoms with van der Waals surface area (Å²) in [7, 11) is 2.01. The van der Waals surface area contributed by atoms with Crippen molar-refractivity contribution in [3.05, 3.63) is 40.9 Å². The zero-order valence-corrected chi connectivity index (χ0v) is 25.0. The lowest BCUT2D eigenvalue weighted by molar-refractivity contribution is -0.142. The molecule has 1 saturated carbocycles. The summed E-state index contributed by atoms with van der Waals surface area (Å²) in [6.07, 6.45) is -1.32. The van der Waals surface area contributed by atoms with Crippen molar-refractivity contribution in [2.24, 2.45) is 11.3 Å². The number of nitrogens with two attached hydrogens (primary N) is 1. The molecular weight excluding hydrogens is 604 g/mol. The van der Waals surface area contributed by atoms with Crippen LogP contribution in [0.25, 0.3) is 0 Å². The van der Waals surface area contributed by atoms with E-state index >= 15 is 4.39 Å². The highest BCUT2D eigenvalue weighted by molar-refractivity contribution is 6.31. The average molecular weight is 639 g/mol. The Kier molecular flexibility index (Phi) is 8.02. The van der Waals surface area contributed by atoms with Crippen LogP contribution in [0.15, 0.2) is 24.5 Å². The summed E-state index contributed by atoms with van der Waals surface area (Å²) in [5.74, 6) is -1.49. The molecule has 4 aliphatic rings. The number of likely N-dealkylation sites (N-methyl/N-ethyl adjacent to an activating group) is 1. The number of carbonyl (C=O) groups excluding carboxylic acids is 2. The van der Waals surface area contributed by atoms with E-state index in [9.17, 15) is 22.8 Å².